The molecule has 5 heteroatoms. The molecule has 92 valence electrons. The van der Waals surface area contributed by atoms with Crippen molar-refractivity contribution in [1.82, 2.24) is 9.97 Å². The Balaban J connectivity index is 1.97. The van der Waals surface area contributed by atoms with E-state index in [0.717, 1.165) is 15.8 Å². The number of hydrogen-bond acceptors (Lipinski definition) is 4. The zero-order valence-electron chi connectivity index (χ0n) is 9.63. The van der Waals surface area contributed by atoms with Gasteiger partial charge in [0.25, 0.3) is 0 Å². The summed E-state index contributed by atoms with van der Waals surface area (Å²) in [5.41, 5.74) is 0.884. The van der Waals surface area contributed by atoms with E-state index in [9.17, 15) is 0 Å². The zero-order valence-corrected chi connectivity index (χ0v) is 12.0. The maximum Gasteiger partial charge on any atom is 0.171 e. The molecular weight excluding hydrogens is 296 g/mol. The molecule has 4 aromatic rings. The minimum Gasteiger partial charge on any atom is -0.227 e. The minimum atomic E-state index is 0.511. The van der Waals surface area contributed by atoms with E-state index in [1.165, 1.54) is 9.40 Å². The lowest BCUT2D eigenvalue weighted by Crippen LogP contribution is -1.89. The van der Waals surface area contributed by atoms with Crippen molar-refractivity contribution in [2.45, 2.75) is 0 Å². The Morgan fingerprint density at radius 1 is 1.00 bits per heavy atom. The smallest absolute Gasteiger partial charge is 0.171 e. The van der Waals surface area contributed by atoms with Crippen LogP contribution in [0.1, 0.15) is 0 Å². The molecule has 0 fully saturated rings. The van der Waals surface area contributed by atoms with Crippen molar-refractivity contribution in [3.8, 4) is 10.7 Å². The van der Waals surface area contributed by atoms with E-state index in [-0.39, 0.29) is 0 Å². The van der Waals surface area contributed by atoms with E-state index in [2.05, 4.69) is 27.5 Å². The van der Waals surface area contributed by atoms with Gasteiger partial charge in [-0.05, 0) is 29.6 Å². The number of rotatable bonds is 1. The van der Waals surface area contributed by atoms with E-state index < -0.39 is 0 Å². The molecule has 0 aliphatic carbocycles. The van der Waals surface area contributed by atoms with Crippen LogP contribution in [0.25, 0.3) is 31.0 Å². The fraction of sp³-hybridized carbons (Fsp3) is 0. The second kappa shape index (κ2) is 4.27. The first kappa shape index (κ1) is 11.3. The third-order valence-electron chi connectivity index (χ3n) is 2.92. The standard InChI is InChI=1S/C14H7ClN2S2/c15-13-8-3-1-2-4-9(8)16-14(17-13)12-7-11-10(19-12)5-6-18-11/h1-7H. The second-order valence-electron chi connectivity index (χ2n) is 4.11. The minimum absolute atomic E-state index is 0.511. The summed E-state index contributed by atoms with van der Waals surface area (Å²) in [5.74, 6) is 0.706. The summed E-state index contributed by atoms with van der Waals surface area (Å²) in [4.78, 5) is 10.1. The van der Waals surface area contributed by atoms with Crippen LogP contribution < -0.4 is 0 Å². The van der Waals surface area contributed by atoms with Crippen LogP contribution >= 0.6 is 34.3 Å². The quantitative estimate of drug-likeness (QED) is 0.450. The topological polar surface area (TPSA) is 25.8 Å². The first-order valence-electron chi connectivity index (χ1n) is 5.71. The van der Waals surface area contributed by atoms with E-state index in [0.29, 0.717) is 11.0 Å². The molecule has 0 aliphatic heterocycles. The van der Waals surface area contributed by atoms with E-state index in [1.807, 2.05) is 24.3 Å². The molecule has 0 atom stereocenters. The van der Waals surface area contributed by atoms with Gasteiger partial charge in [0.15, 0.2) is 5.82 Å². The maximum atomic E-state index is 6.24. The predicted molar refractivity (Wildman–Crippen MR) is 83.2 cm³/mol. The van der Waals surface area contributed by atoms with Crippen molar-refractivity contribution >= 4 is 54.6 Å². The first-order chi connectivity index (χ1) is 9.31. The molecule has 19 heavy (non-hydrogen) atoms. The fourth-order valence-electron chi connectivity index (χ4n) is 2.02. The number of halogens is 1. The fourth-order valence-corrected chi connectivity index (χ4v) is 4.31. The van der Waals surface area contributed by atoms with Gasteiger partial charge in [-0.1, -0.05) is 23.7 Å². The number of para-hydroxylation sites is 1. The predicted octanol–water partition coefficient (Wildman–Crippen LogP) is 5.23. The molecule has 4 rings (SSSR count). The maximum absolute atomic E-state index is 6.24. The molecule has 0 spiro atoms. The third-order valence-corrected chi connectivity index (χ3v) is 5.29. The monoisotopic (exact) mass is 302 g/mol. The van der Waals surface area contributed by atoms with Gasteiger partial charge in [-0.2, -0.15) is 0 Å². The van der Waals surface area contributed by atoms with Crippen molar-refractivity contribution in [2.24, 2.45) is 0 Å². The molecule has 0 bridgehead atoms. The van der Waals surface area contributed by atoms with Gasteiger partial charge in [0.1, 0.15) is 5.15 Å². The van der Waals surface area contributed by atoms with Crippen molar-refractivity contribution in [3.05, 3.63) is 46.9 Å². The summed E-state index contributed by atoms with van der Waals surface area (Å²) < 4.78 is 2.54. The van der Waals surface area contributed by atoms with Gasteiger partial charge in [0, 0.05) is 14.8 Å². The van der Waals surface area contributed by atoms with Crippen LogP contribution in [0.2, 0.25) is 5.15 Å². The lowest BCUT2D eigenvalue weighted by molar-refractivity contribution is 1.24. The summed E-state index contributed by atoms with van der Waals surface area (Å²) in [6, 6.07) is 12.1. The highest BCUT2D eigenvalue weighted by Crippen LogP contribution is 2.36. The number of fused-ring (bicyclic) bond motifs is 2. The largest absolute Gasteiger partial charge is 0.227 e. The molecule has 0 amide bonds. The summed E-state index contributed by atoms with van der Waals surface area (Å²) in [6.07, 6.45) is 0. The molecule has 0 saturated carbocycles. The summed E-state index contributed by atoms with van der Waals surface area (Å²) in [6.45, 7) is 0. The van der Waals surface area contributed by atoms with Gasteiger partial charge >= 0.3 is 0 Å². The van der Waals surface area contributed by atoms with E-state index in [1.54, 1.807) is 22.7 Å². The number of nitrogens with zero attached hydrogens (tertiary/aromatic N) is 2. The van der Waals surface area contributed by atoms with Gasteiger partial charge in [-0.25, -0.2) is 9.97 Å². The van der Waals surface area contributed by atoms with E-state index in [4.69, 9.17) is 11.6 Å². The van der Waals surface area contributed by atoms with Gasteiger partial charge in [-0.15, -0.1) is 22.7 Å². The van der Waals surface area contributed by atoms with Crippen LogP contribution in [0.15, 0.2) is 41.8 Å². The molecule has 1 aromatic carbocycles. The lowest BCUT2D eigenvalue weighted by Gasteiger charge is -2.02. The molecule has 2 nitrogen and oxygen atoms in total. The van der Waals surface area contributed by atoms with Crippen LogP contribution in [-0.4, -0.2) is 9.97 Å². The van der Waals surface area contributed by atoms with Gasteiger partial charge in [0.2, 0.25) is 0 Å². The average molecular weight is 303 g/mol. The van der Waals surface area contributed by atoms with Crippen LogP contribution in [0.4, 0.5) is 0 Å². The zero-order chi connectivity index (χ0) is 12.8. The Labute approximate surface area is 122 Å². The summed E-state index contributed by atoms with van der Waals surface area (Å²) >= 11 is 9.67. The Morgan fingerprint density at radius 3 is 2.79 bits per heavy atom. The lowest BCUT2D eigenvalue weighted by atomic mass is 10.2. The Hall–Kier alpha value is -1.49. The highest BCUT2D eigenvalue weighted by Gasteiger charge is 2.11. The number of aromatic nitrogens is 2. The Morgan fingerprint density at radius 2 is 1.89 bits per heavy atom. The SMILES string of the molecule is Clc1nc(-c2cc3sccc3s2)nc2ccccc12. The molecular formula is C14H7ClN2S2. The second-order valence-corrected chi connectivity index (χ2v) is 6.50. The molecule has 3 heterocycles. The van der Waals surface area contributed by atoms with Gasteiger partial charge in [0.05, 0.1) is 10.4 Å². The highest BCUT2D eigenvalue weighted by molar-refractivity contribution is 7.28. The van der Waals surface area contributed by atoms with Gasteiger partial charge in [-0.3, -0.25) is 0 Å². The van der Waals surface area contributed by atoms with Crippen molar-refractivity contribution in [2.75, 3.05) is 0 Å². The molecule has 0 saturated heterocycles. The molecule has 0 radical (unpaired) electrons. The van der Waals surface area contributed by atoms with Crippen molar-refractivity contribution in [1.29, 1.82) is 0 Å². The molecule has 0 N–H and O–H groups in total. The van der Waals surface area contributed by atoms with Crippen molar-refractivity contribution < 1.29 is 0 Å². The highest BCUT2D eigenvalue weighted by atomic mass is 35.5. The summed E-state index contributed by atoms with van der Waals surface area (Å²) in [5, 5.41) is 3.50. The van der Waals surface area contributed by atoms with Crippen LogP contribution in [0, 0.1) is 0 Å². The molecule has 0 aliphatic rings. The number of hydrogen-bond donors (Lipinski definition) is 0. The normalized spacial score (nSPS) is 11.4. The first-order valence-corrected chi connectivity index (χ1v) is 7.78. The van der Waals surface area contributed by atoms with E-state index >= 15 is 0 Å². The van der Waals surface area contributed by atoms with Crippen LogP contribution in [-0.2, 0) is 0 Å². The van der Waals surface area contributed by atoms with Gasteiger partial charge < -0.3 is 0 Å². The van der Waals surface area contributed by atoms with Crippen LogP contribution in [0.5, 0.6) is 0 Å². The average Bonchev–Trinajstić information content (AvgIpc) is 2.99. The number of thiophene rings is 2. The number of benzene rings is 1. The Kier molecular flexibility index (Phi) is 2.55. The molecule has 0 unspecified atom stereocenters. The molecule has 3 aromatic heterocycles. The summed E-state index contributed by atoms with van der Waals surface area (Å²) in [7, 11) is 0. The van der Waals surface area contributed by atoms with Crippen molar-refractivity contribution in [3.63, 3.8) is 0 Å². The third kappa shape index (κ3) is 1.84. The Bertz CT molecular complexity index is 866. The van der Waals surface area contributed by atoms with Crippen LogP contribution in [0.3, 0.4) is 0 Å².